The Balaban J connectivity index is 1.66. The van der Waals surface area contributed by atoms with Gasteiger partial charge in [0.1, 0.15) is 6.61 Å². The van der Waals surface area contributed by atoms with E-state index in [2.05, 4.69) is 20.7 Å². The number of carbonyl (C=O) groups is 1. The fourth-order valence-corrected chi connectivity index (χ4v) is 2.82. The lowest BCUT2D eigenvalue weighted by molar-refractivity contribution is -0.141. The number of benzene rings is 1. The monoisotopic (exact) mass is 469 g/mol. The van der Waals surface area contributed by atoms with Gasteiger partial charge in [-0.3, -0.25) is 0 Å². The predicted octanol–water partition coefficient (Wildman–Crippen LogP) is 4.29. The Bertz CT molecular complexity index is 1060. The number of hydrogen-bond acceptors (Lipinski definition) is 5. The number of methoxy groups -OCH3 is 1. The van der Waals surface area contributed by atoms with Gasteiger partial charge >= 0.3 is 12.2 Å². The summed E-state index contributed by atoms with van der Waals surface area (Å²) in [5, 5.41) is 9.01. The van der Waals surface area contributed by atoms with Crippen molar-refractivity contribution in [3.63, 3.8) is 0 Å². The van der Waals surface area contributed by atoms with Crippen molar-refractivity contribution < 1.29 is 27.4 Å². The lowest BCUT2D eigenvalue weighted by Gasteiger charge is -2.10. The first-order valence-electron chi connectivity index (χ1n) is 9.31. The van der Waals surface area contributed by atoms with Crippen LogP contribution in [-0.2, 0) is 17.5 Å². The van der Waals surface area contributed by atoms with E-state index in [1.807, 2.05) is 0 Å². The van der Waals surface area contributed by atoms with Crippen LogP contribution in [0.1, 0.15) is 11.4 Å². The quantitative estimate of drug-likeness (QED) is 0.480. The molecule has 0 saturated heterocycles. The number of amides is 2. The average molecular weight is 470 g/mol. The zero-order chi connectivity index (χ0) is 23.1. The van der Waals surface area contributed by atoms with Crippen LogP contribution in [0.2, 0.25) is 5.02 Å². The zero-order valence-electron chi connectivity index (χ0n) is 16.8. The highest BCUT2D eigenvalue weighted by atomic mass is 35.5. The molecular formula is C20H19ClF3N5O3. The number of halogens is 4. The number of urea groups is 1. The highest BCUT2D eigenvalue weighted by molar-refractivity contribution is 6.30. The number of nitrogens with one attached hydrogen (secondary N) is 2. The second-order valence-electron chi connectivity index (χ2n) is 6.44. The Morgan fingerprint density at radius 3 is 2.66 bits per heavy atom. The summed E-state index contributed by atoms with van der Waals surface area (Å²) in [4.78, 5) is 16.3. The lowest BCUT2D eigenvalue weighted by atomic mass is 10.3. The second-order valence-corrected chi connectivity index (χ2v) is 6.88. The van der Waals surface area contributed by atoms with E-state index in [1.54, 1.807) is 37.4 Å². The highest BCUT2D eigenvalue weighted by Crippen LogP contribution is 2.30. The molecule has 0 saturated carbocycles. The van der Waals surface area contributed by atoms with Crippen LogP contribution in [0.3, 0.4) is 0 Å². The third kappa shape index (κ3) is 6.34. The SMILES string of the molecule is COCCOc1ccc(NC(=O)NCc2cc(C(F)(F)F)nn2-c2cccc(Cl)c2)cn1. The summed E-state index contributed by atoms with van der Waals surface area (Å²) in [6.07, 6.45) is -3.25. The summed E-state index contributed by atoms with van der Waals surface area (Å²) in [5.41, 5.74) is -0.253. The normalized spacial score (nSPS) is 11.3. The second kappa shape index (κ2) is 10.3. The van der Waals surface area contributed by atoms with Gasteiger partial charge < -0.3 is 20.1 Å². The number of aromatic nitrogens is 3. The minimum Gasteiger partial charge on any atom is -0.475 e. The summed E-state index contributed by atoms with van der Waals surface area (Å²) < 4.78 is 50.8. The third-order valence-electron chi connectivity index (χ3n) is 4.09. The molecule has 12 heteroatoms. The van der Waals surface area contributed by atoms with Crippen molar-refractivity contribution in [2.75, 3.05) is 25.6 Å². The van der Waals surface area contributed by atoms with Crippen LogP contribution < -0.4 is 15.4 Å². The van der Waals surface area contributed by atoms with Crippen LogP contribution in [0.15, 0.2) is 48.7 Å². The summed E-state index contributed by atoms with van der Waals surface area (Å²) in [6, 6.07) is 9.59. The number of carbonyl (C=O) groups excluding carboxylic acids is 1. The molecule has 8 nitrogen and oxygen atoms in total. The number of rotatable bonds is 8. The molecule has 2 aromatic heterocycles. The minimum absolute atomic E-state index is 0.120. The van der Waals surface area contributed by atoms with Crippen LogP contribution >= 0.6 is 11.6 Å². The van der Waals surface area contributed by atoms with Gasteiger partial charge in [-0.05, 0) is 30.3 Å². The van der Waals surface area contributed by atoms with Gasteiger partial charge in [-0.15, -0.1) is 0 Å². The van der Waals surface area contributed by atoms with Crippen molar-refractivity contribution in [3.8, 4) is 11.6 Å². The largest absolute Gasteiger partial charge is 0.475 e. The van der Waals surface area contributed by atoms with E-state index < -0.39 is 17.9 Å². The fraction of sp³-hybridized carbons (Fsp3) is 0.250. The van der Waals surface area contributed by atoms with Crippen LogP contribution in [0.5, 0.6) is 5.88 Å². The number of anilines is 1. The number of nitrogens with zero attached hydrogens (tertiary/aromatic N) is 3. The van der Waals surface area contributed by atoms with Gasteiger partial charge in [-0.1, -0.05) is 17.7 Å². The maximum atomic E-state index is 13.2. The maximum Gasteiger partial charge on any atom is 0.435 e. The Morgan fingerprint density at radius 1 is 1.19 bits per heavy atom. The number of hydrogen-bond donors (Lipinski definition) is 2. The molecule has 2 heterocycles. The van der Waals surface area contributed by atoms with Crippen LogP contribution in [0, 0.1) is 0 Å². The van der Waals surface area contributed by atoms with Gasteiger partial charge in [0.05, 0.1) is 36.4 Å². The summed E-state index contributed by atoms with van der Waals surface area (Å²) in [5.74, 6) is 0.359. The van der Waals surface area contributed by atoms with E-state index >= 15 is 0 Å². The van der Waals surface area contributed by atoms with Gasteiger partial charge in [0, 0.05) is 18.2 Å². The fourth-order valence-electron chi connectivity index (χ4n) is 2.63. The molecule has 170 valence electrons. The van der Waals surface area contributed by atoms with Gasteiger partial charge in [0.15, 0.2) is 5.69 Å². The molecule has 0 spiro atoms. The number of alkyl halides is 3. The molecule has 0 radical (unpaired) electrons. The Hall–Kier alpha value is -3.31. The molecule has 32 heavy (non-hydrogen) atoms. The molecule has 0 aliphatic carbocycles. The maximum absolute atomic E-state index is 13.2. The van der Waals surface area contributed by atoms with Gasteiger partial charge in [-0.2, -0.15) is 18.3 Å². The molecule has 0 bridgehead atoms. The van der Waals surface area contributed by atoms with Crippen molar-refractivity contribution >= 4 is 23.3 Å². The Labute approximate surface area is 186 Å². The minimum atomic E-state index is -4.64. The van der Waals surface area contributed by atoms with Crippen molar-refractivity contribution in [1.29, 1.82) is 0 Å². The van der Waals surface area contributed by atoms with Crippen molar-refractivity contribution in [3.05, 3.63) is 65.1 Å². The van der Waals surface area contributed by atoms with E-state index in [1.165, 1.54) is 12.3 Å². The van der Waals surface area contributed by atoms with E-state index in [4.69, 9.17) is 21.1 Å². The Kier molecular flexibility index (Phi) is 7.54. The van der Waals surface area contributed by atoms with E-state index in [9.17, 15) is 18.0 Å². The molecule has 2 N–H and O–H groups in total. The van der Waals surface area contributed by atoms with Gasteiger partial charge in [-0.25, -0.2) is 14.5 Å². The van der Waals surface area contributed by atoms with Crippen molar-refractivity contribution in [2.45, 2.75) is 12.7 Å². The van der Waals surface area contributed by atoms with Crippen LogP contribution in [-0.4, -0.2) is 41.1 Å². The van der Waals surface area contributed by atoms with Crippen LogP contribution in [0.4, 0.5) is 23.7 Å². The summed E-state index contributed by atoms with van der Waals surface area (Å²) in [6.45, 7) is 0.524. The topological polar surface area (TPSA) is 90.3 Å². The molecule has 1 aromatic carbocycles. The molecule has 3 rings (SSSR count). The molecule has 0 aliphatic rings. The summed E-state index contributed by atoms with van der Waals surface area (Å²) in [7, 11) is 1.55. The molecule has 3 aromatic rings. The summed E-state index contributed by atoms with van der Waals surface area (Å²) >= 11 is 5.94. The van der Waals surface area contributed by atoms with Crippen molar-refractivity contribution in [2.24, 2.45) is 0 Å². The molecular weight excluding hydrogens is 451 g/mol. The average Bonchev–Trinajstić information content (AvgIpc) is 3.19. The van der Waals surface area contributed by atoms with E-state index in [0.29, 0.717) is 35.5 Å². The lowest BCUT2D eigenvalue weighted by Crippen LogP contribution is -2.29. The van der Waals surface area contributed by atoms with E-state index in [-0.39, 0.29) is 12.2 Å². The third-order valence-corrected chi connectivity index (χ3v) is 4.32. The first-order valence-corrected chi connectivity index (χ1v) is 9.69. The molecule has 2 amide bonds. The molecule has 0 fully saturated rings. The molecule has 0 atom stereocenters. The molecule has 0 unspecified atom stereocenters. The van der Waals surface area contributed by atoms with Gasteiger partial charge in [0.25, 0.3) is 0 Å². The molecule has 0 aliphatic heterocycles. The smallest absolute Gasteiger partial charge is 0.435 e. The Morgan fingerprint density at radius 2 is 2.00 bits per heavy atom. The first-order chi connectivity index (χ1) is 15.3. The number of ether oxygens (including phenoxy) is 2. The standard InChI is InChI=1S/C20H19ClF3N5O3/c1-31-7-8-32-18-6-5-14(11-25-18)27-19(30)26-12-16-10-17(20(22,23)24)28-29(16)15-4-2-3-13(21)9-15/h2-6,9-11H,7-8,12H2,1H3,(H2,26,27,30). The van der Waals surface area contributed by atoms with Crippen molar-refractivity contribution in [1.82, 2.24) is 20.1 Å². The number of pyridine rings is 1. The predicted molar refractivity (Wildman–Crippen MR) is 111 cm³/mol. The highest BCUT2D eigenvalue weighted by Gasteiger charge is 2.35. The van der Waals surface area contributed by atoms with E-state index in [0.717, 1.165) is 10.7 Å². The zero-order valence-corrected chi connectivity index (χ0v) is 17.6. The van der Waals surface area contributed by atoms with Gasteiger partial charge in [0.2, 0.25) is 5.88 Å². The first kappa shape index (κ1) is 23.4. The van der Waals surface area contributed by atoms with Crippen LogP contribution in [0.25, 0.3) is 5.69 Å².